The van der Waals surface area contributed by atoms with Crippen molar-refractivity contribution >= 4 is 44.2 Å². The van der Waals surface area contributed by atoms with Gasteiger partial charge in [0.25, 0.3) is 0 Å². The number of thiazole rings is 1. The number of nitrogens with zero attached hydrogens (tertiary/aromatic N) is 3. The van der Waals surface area contributed by atoms with Crippen LogP contribution in [-0.2, 0) is 28.7 Å². The van der Waals surface area contributed by atoms with Crippen molar-refractivity contribution < 1.29 is 8.42 Å². The number of benzene rings is 2. The van der Waals surface area contributed by atoms with Crippen molar-refractivity contribution in [2.75, 3.05) is 0 Å². The third-order valence-corrected chi connectivity index (χ3v) is 7.43. The summed E-state index contributed by atoms with van der Waals surface area (Å²) in [5.74, 6) is 0.709. The highest BCUT2D eigenvalue weighted by Gasteiger charge is 2.15. The lowest BCUT2D eigenvalue weighted by Gasteiger charge is -2.06. The summed E-state index contributed by atoms with van der Waals surface area (Å²) in [5.41, 5.74) is 3.83. The summed E-state index contributed by atoms with van der Waals surface area (Å²) in [6.45, 7) is 2.92. The molecule has 4 rings (SSSR count). The number of aryl methyl sites for hydroxylation is 1. The zero-order chi connectivity index (χ0) is 21.1. The van der Waals surface area contributed by atoms with Gasteiger partial charge in [-0.3, -0.25) is 0 Å². The van der Waals surface area contributed by atoms with Gasteiger partial charge in [-0.15, -0.1) is 11.3 Å². The minimum absolute atomic E-state index is 0.0813. The first kappa shape index (κ1) is 21.0. The second kappa shape index (κ2) is 8.89. The molecule has 0 radical (unpaired) electrons. The molecule has 6 nitrogen and oxygen atoms in total. The Morgan fingerprint density at radius 1 is 1.13 bits per heavy atom. The Morgan fingerprint density at radius 3 is 2.67 bits per heavy atom. The van der Waals surface area contributed by atoms with Crippen molar-refractivity contribution in [2.45, 2.75) is 42.1 Å². The summed E-state index contributed by atoms with van der Waals surface area (Å²) >= 11 is 3.29. The number of imidazole rings is 1. The first-order chi connectivity index (χ1) is 14.4. The van der Waals surface area contributed by atoms with Crippen LogP contribution in [0.25, 0.3) is 11.0 Å². The summed E-state index contributed by atoms with van der Waals surface area (Å²) in [6, 6.07) is 15.2. The van der Waals surface area contributed by atoms with Crippen LogP contribution in [-0.4, -0.2) is 23.0 Å². The average Bonchev–Trinajstić information content (AvgIpc) is 3.31. The Hall–Kier alpha value is -2.20. The second-order valence-corrected chi connectivity index (χ2v) is 10.4. The van der Waals surface area contributed by atoms with Crippen LogP contribution in [0.5, 0.6) is 0 Å². The minimum Gasteiger partial charge on any atom is -0.319 e. The van der Waals surface area contributed by atoms with E-state index in [0.29, 0.717) is 11.3 Å². The summed E-state index contributed by atoms with van der Waals surface area (Å²) in [7, 11) is -3.75. The second-order valence-electron chi connectivity index (χ2n) is 6.93. The molecule has 2 heterocycles. The van der Waals surface area contributed by atoms with Crippen LogP contribution in [0, 0.1) is 0 Å². The van der Waals surface area contributed by atoms with Crippen LogP contribution in [0.3, 0.4) is 0 Å². The van der Waals surface area contributed by atoms with Gasteiger partial charge >= 0.3 is 0 Å². The maximum absolute atomic E-state index is 11.7. The van der Waals surface area contributed by atoms with Gasteiger partial charge in [0, 0.05) is 24.1 Å². The lowest BCUT2D eigenvalue weighted by atomic mass is 10.2. The number of hydrogen-bond donors (Lipinski definition) is 1. The predicted octanol–water partition coefficient (Wildman–Crippen LogP) is 4.43. The minimum atomic E-state index is -3.75. The monoisotopic (exact) mass is 458 g/mol. The summed E-state index contributed by atoms with van der Waals surface area (Å²) in [6.07, 6.45) is 1.79. The summed E-state index contributed by atoms with van der Waals surface area (Å²) < 4.78 is 25.5. The molecular weight excluding hydrogens is 436 g/mol. The molecule has 0 unspecified atom stereocenters. The highest BCUT2D eigenvalue weighted by molar-refractivity contribution is 7.98. The van der Waals surface area contributed by atoms with Crippen molar-refractivity contribution in [3.63, 3.8) is 0 Å². The Kier molecular flexibility index (Phi) is 6.24. The number of nitrogens with two attached hydrogens (primary N) is 1. The number of primary sulfonamides is 1. The SMILES string of the molecule is CCCn1c(SCc2csc(Cc3ccccc3)n2)nc2cc(S(N)(=O)=O)ccc21. The van der Waals surface area contributed by atoms with Crippen LogP contribution in [0.15, 0.2) is 64.0 Å². The van der Waals surface area contributed by atoms with E-state index in [4.69, 9.17) is 10.1 Å². The predicted molar refractivity (Wildman–Crippen MR) is 122 cm³/mol. The Balaban J connectivity index is 1.54. The molecule has 0 amide bonds. The van der Waals surface area contributed by atoms with Crippen LogP contribution < -0.4 is 5.14 Å². The van der Waals surface area contributed by atoms with Gasteiger partial charge in [0.1, 0.15) is 0 Å². The van der Waals surface area contributed by atoms with Gasteiger partial charge in [-0.25, -0.2) is 23.5 Å². The Morgan fingerprint density at radius 2 is 1.93 bits per heavy atom. The molecule has 0 fully saturated rings. The molecule has 2 aromatic carbocycles. The van der Waals surface area contributed by atoms with Crippen molar-refractivity contribution in [3.05, 3.63) is 70.2 Å². The first-order valence-electron chi connectivity index (χ1n) is 9.57. The number of thioether (sulfide) groups is 1. The van der Waals surface area contributed by atoms with Gasteiger partial charge in [0.05, 0.1) is 26.6 Å². The Labute approximate surface area is 184 Å². The number of hydrogen-bond acceptors (Lipinski definition) is 6. The fraction of sp³-hybridized carbons (Fsp3) is 0.238. The molecule has 0 aliphatic rings. The van der Waals surface area contributed by atoms with Crippen molar-refractivity contribution in [2.24, 2.45) is 5.14 Å². The van der Waals surface area contributed by atoms with Gasteiger partial charge in [-0.1, -0.05) is 49.0 Å². The fourth-order valence-corrected chi connectivity index (χ4v) is 5.62. The quantitative estimate of drug-likeness (QED) is 0.394. The zero-order valence-corrected chi connectivity index (χ0v) is 18.9. The van der Waals surface area contributed by atoms with E-state index in [9.17, 15) is 8.42 Å². The largest absolute Gasteiger partial charge is 0.319 e. The molecule has 9 heteroatoms. The van der Waals surface area contributed by atoms with Gasteiger partial charge in [-0.2, -0.15) is 0 Å². The van der Waals surface area contributed by atoms with E-state index < -0.39 is 10.0 Å². The maximum atomic E-state index is 11.7. The molecule has 30 heavy (non-hydrogen) atoms. The smallest absolute Gasteiger partial charge is 0.238 e. The number of fused-ring (bicyclic) bond motifs is 1. The molecule has 0 atom stereocenters. The standard InChI is InChI=1S/C21H22N4O2S3/c1-2-10-25-19-9-8-17(30(22,26)27)12-18(19)24-21(25)29-14-16-13-28-20(23-16)11-15-6-4-3-5-7-15/h3-9,12-13H,2,10-11,14H2,1H3,(H2,22,26,27). The molecule has 0 spiro atoms. The van der Waals surface area contributed by atoms with E-state index in [-0.39, 0.29) is 4.90 Å². The van der Waals surface area contributed by atoms with E-state index in [2.05, 4.69) is 34.0 Å². The lowest BCUT2D eigenvalue weighted by molar-refractivity contribution is 0.598. The van der Waals surface area contributed by atoms with E-state index in [1.54, 1.807) is 35.2 Å². The van der Waals surface area contributed by atoms with Gasteiger partial charge in [0.2, 0.25) is 10.0 Å². The van der Waals surface area contributed by atoms with Crippen LogP contribution in [0.4, 0.5) is 0 Å². The van der Waals surface area contributed by atoms with Crippen LogP contribution >= 0.6 is 23.1 Å². The number of aromatic nitrogens is 3. The molecule has 0 aliphatic heterocycles. The van der Waals surface area contributed by atoms with E-state index >= 15 is 0 Å². The molecule has 0 saturated carbocycles. The third-order valence-electron chi connectivity index (χ3n) is 4.61. The Bertz CT molecular complexity index is 1260. The van der Waals surface area contributed by atoms with Gasteiger partial charge in [-0.05, 0) is 30.2 Å². The van der Waals surface area contributed by atoms with E-state index in [1.807, 2.05) is 18.2 Å². The summed E-state index contributed by atoms with van der Waals surface area (Å²) in [4.78, 5) is 9.52. The molecule has 4 aromatic rings. The molecule has 156 valence electrons. The van der Waals surface area contributed by atoms with Crippen molar-refractivity contribution in [1.29, 1.82) is 0 Å². The highest BCUT2D eigenvalue weighted by Crippen LogP contribution is 2.29. The average molecular weight is 459 g/mol. The number of sulfonamides is 1. The van der Waals surface area contributed by atoms with Crippen molar-refractivity contribution in [3.8, 4) is 0 Å². The normalized spacial score (nSPS) is 11.9. The lowest BCUT2D eigenvalue weighted by Crippen LogP contribution is -2.11. The molecule has 0 saturated heterocycles. The van der Waals surface area contributed by atoms with E-state index in [0.717, 1.165) is 40.8 Å². The highest BCUT2D eigenvalue weighted by atomic mass is 32.2. The third kappa shape index (κ3) is 4.75. The van der Waals surface area contributed by atoms with Crippen molar-refractivity contribution in [1.82, 2.24) is 14.5 Å². The number of rotatable bonds is 8. The molecule has 2 N–H and O–H groups in total. The maximum Gasteiger partial charge on any atom is 0.238 e. The molecule has 0 aliphatic carbocycles. The van der Waals surface area contributed by atoms with Gasteiger partial charge in [0.15, 0.2) is 5.16 Å². The zero-order valence-electron chi connectivity index (χ0n) is 16.5. The molecular formula is C21H22N4O2S3. The fourth-order valence-electron chi connectivity index (χ4n) is 3.22. The molecule has 2 aromatic heterocycles. The molecule has 0 bridgehead atoms. The van der Waals surface area contributed by atoms with Gasteiger partial charge < -0.3 is 4.57 Å². The topological polar surface area (TPSA) is 90.9 Å². The summed E-state index contributed by atoms with van der Waals surface area (Å²) in [5, 5.41) is 9.31. The van der Waals surface area contributed by atoms with E-state index in [1.165, 1.54) is 11.6 Å². The van der Waals surface area contributed by atoms with Crippen LogP contribution in [0.2, 0.25) is 0 Å². The van der Waals surface area contributed by atoms with Crippen LogP contribution in [0.1, 0.15) is 29.6 Å². The first-order valence-corrected chi connectivity index (χ1v) is 13.0.